The van der Waals surface area contributed by atoms with Crippen LogP contribution >= 0.6 is 0 Å². The topological polar surface area (TPSA) is 73.6 Å². The minimum atomic E-state index is -0.293. The Balaban J connectivity index is 1.52. The molecule has 2 saturated heterocycles. The molecule has 0 aromatic heterocycles. The molecule has 2 saturated carbocycles. The molecule has 2 aliphatic carbocycles. The first kappa shape index (κ1) is 20.7. The molecular formula is C23H35N3O3. The highest BCUT2D eigenvalue weighted by atomic mass is 16.5. The van der Waals surface area contributed by atoms with Crippen LogP contribution in [-0.2, 0) is 14.3 Å². The van der Waals surface area contributed by atoms with Crippen molar-refractivity contribution in [2.75, 3.05) is 13.2 Å². The summed E-state index contributed by atoms with van der Waals surface area (Å²) in [7, 11) is 0. The Morgan fingerprint density at radius 2 is 1.72 bits per heavy atom. The van der Waals surface area contributed by atoms with E-state index >= 15 is 0 Å². The van der Waals surface area contributed by atoms with Crippen molar-refractivity contribution in [3.05, 3.63) is 0 Å². The van der Waals surface area contributed by atoms with E-state index in [0.717, 1.165) is 57.8 Å². The summed E-state index contributed by atoms with van der Waals surface area (Å²) in [4.78, 5) is 29.8. The minimum absolute atomic E-state index is 0.0571. The lowest BCUT2D eigenvalue weighted by molar-refractivity contribution is -0.160. The van der Waals surface area contributed by atoms with Crippen molar-refractivity contribution in [1.82, 2.24) is 9.80 Å². The number of nitrogens with zero attached hydrogens (tertiary/aromatic N) is 3. The van der Waals surface area contributed by atoms with E-state index in [4.69, 9.17) is 4.74 Å². The second-order valence-corrected chi connectivity index (χ2v) is 9.72. The van der Waals surface area contributed by atoms with Gasteiger partial charge >= 0.3 is 0 Å². The zero-order valence-electron chi connectivity index (χ0n) is 17.9. The van der Waals surface area contributed by atoms with Gasteiger partial charge in [0.15, 0.2) is 0 Å². The van der Waals surface area contributed by atoms with Gasteiger partial charge in [-0.05, 0) is 76.5 Å². The Morgan fingerprint density at radius 1 is 1.00 bits per heavy atom. The molecule has 0 radical (unpaired) electrons. The van der Waals surface area contributed by atoms with Gasteiger partial charge in [0.05, 0.1) is 18.2 Å². The summed E-state index contributed by atoms with van der Waals surface area (Å²) >= 11 is 0. The lowest BCUT2D eigenvalue weighted by atomic mass is 9.68. The van der Waals surface area contributed by atoms with Crippen LogP contribution in [0.25, 0.3) is 0 Å². The number of piperazine rings is 1. The smallest absolute Gasteiger partial charge is 0.252 e. The average Bonchev–Trinajstić information content (AvgIpc) is 3.27. The third-order valence-corrected chi connectivity index (χ3v) is 7.99. The first-order valence-corrected chi connectivity index (χ1v) is 11.6. The van der Waals surface area contributed by atoms with Gasteiger partial charge in [0.1, 0.15) is 6.10 Å². The predicted molar refractivity (Wildman–Crippen MR) is 109 cm³/mol. The summed E-state index contributed by atoms with van der Waals surface area (Å²) in [6.07, 6.45) is 8.87. The molecule has 4 fully saturated rings. The Bertz CT molecular complexity index is 661. The van der Waals surface area contributed by atoms with Crippen LogP contribution in [0, 0.1) is 29.1 Å². The number of rotatable bonds is 2. The molecule has 4 aliphatic rings. The highest BCUT2D eigenvalue weighted by Crippen LogP contribution is 2.44. The van der Waals surface area contributed by atoms with Gasteiger partial charge in [0.25, 0.3) is 5.91 Å². The number of ether oxygens (including phenoxy) is 1. The maximum Gasteiger partial charge on any atom is 0.252 e. The molecule has 2 heterocycles. The number of carbonyl (C=O) groups excluding carboxylic acids is 2. The van der Waals surface area contributed by atoms with Crippen LogP contribution in [-0.4, -0.2) is 59.0 Å². The molecule has 0 aromatic rings. The molecule has 5 atom stereocenters. The monoisotopic (exact) mass is 401 g/mol. The molecule has 0 spiro atoms. The largest absolute Gasteiger partial charge is 0.368 e. The molecule has 6 heteroatoms. The Morgan fingerprint density at radius 3 is 2.34 bits per heavy atom. The first-order chi connectivity index (χ1) is 14.0. The Hall–Kier alpha value is -1.61. The van der Waals surface area contributed by atoms with Crippen molar-refractivity contribution in [2.24, 2.45) is 17.8 Å². The Kier molecular flexibility index (Phi) is 6.15. The van der Waals surface area contributed by atoms with E-state index in [-0.39, 0.29) is 42.0 Å². The molecule has 0 aromatic carbocycles. The van der Waals surface area contributed by atoms with Gasteiger partial charge in [0.2, 0.25) is 5.91 Å². The van der Waals surface area contributed by atoms with Crippen LogP contribution in [0.15, 0.2) is 0 Å². The second kappa shape index (κ2) is 8.63. The number of carbonyl (C=O) groups is 2. The lowest BCUT2D eigenvalue weighted by Gasteiger charge is -2.55. The lowest BCUT2D eigenvalue weighted by Crippen LogP contribution is -2.68. The van der Waals surface area contributed by atoms with Gasteiger partial charge in [-0.1, -0.05) is 0 Å². The van der Waals surface area contributed by atoms with Gasteiger partial charge in [-0.15, -0.1) is 0 Å². The number of nitriles is 1. The van der Waals surface area contributed by atoms with E-state index < -0.39 is 0 Å². The summed E-state index contributed by atoms with van der Waals surface area (Å²) in [5.41, 5.74) is 0. The summed E-state index contributed by atoms with van der Waals surface area (Å²) < 4.78 is 5.72. The maximum atomic E-state index is 13.3. The van der Waals surface area contributed by atoms with Crippen LogP contribution in [0.1, 0.15) is 71.6 Å². The van der Waals surface area contributed by atoms with Crippen LogP contribution < -0.4 is 0 Å². The van der Waals surface area contributed by atoms with Crippen LogP contribution in [0.4, 0.5) is 0 Å². The van der Waals surface area contributed by atoms with E-state index in [0.29, 0.717) is 25.0 Å². The highest BCUT2D eigenvalue weighted by molar-refractivity contribution is 5.82. The number of hydrogen-bond donors (Lipinski definition) is 0. The third kappa shape index (κ3) is 4.03. The highest BCUT2D eigenvalue weighted by Gasteiger charge is 2.48. The van der Waals surface area contributed by atoms with E-state index in [2.05, 4.69) is 17.9 Å². The second-order valence-electron chi connectivity index (χ2n) is 9.72. The van der Waals surface area contributed by atoms with Crippen LogP contribution in [0.3, 0.4) is 0 Å². The van der Waals surface area contributed by atoms with Crippen LogP contribution in [0.2, 0.25) is 0 Å². The molecule has 2 amide bonds. The number of fused-ring (bicyclic) bond motifs is 1. The normalized spacial score (nSPS) is 40.2. The van der Waals surface area contributed by atoms with Crippen molar-refractivity contribution in [1.29, 1.82) is 5.26 Å². The van der Waals surface area contributed by atoms with Crippen LogP contribution in [0.5, 0.6) is 0 Å². The zero-order valence-corrected chi connectivity index (χ0v) is 17.9. The standard InChI is InChI=1S/C23H35N3O3/c1-15-14-25(23(28)22-4-3-11-29-22)21-12-19(9-10-20(21)26(15)16(2)27)18-7-5-17(13-24)6-8-18/h15,17-22H,3-12,14H2,1-2H3/t15-,17?,18?,19?,20?,21?,22?/m0/s1. The SMILES string of the molecule is CC(=O)N1C2CCC(C3CCC(C#N)CC3)CC2N(C(=O)C2CCCO2)C[C@@H]1C. The van der Waals surface area contributed by atoms with Gasteiger partial charge < -0.3 is 14.5 Å². The van der Waals surface area contributed by atoms with Gasteiger partial charge in [-0.2, -0.15) is 5.26 Å². The van der Waals surface area contributed by atoms with Crippen molar-refractivity contribution in [3.8, 4) is 6.07 Å². The molecule has 160 valence electrons. The summed E-state index contributed by atoms with van der Waals surface area (Å²) in [6, 6.07) is 2.74. The van der Waals surface area contributed by atoms with E-state index in [1.165, 1.54) is 0 Å². The molecule has 0 bridgehead atoms. The molecule has 2 aliphatic heterocycles. The van der Waals surface area contributed by atoms with Gasteiger partial charge in [-0.3, -0.25) is 9.59 Å². The molecule has 6 nitrogen and oxygen atoms in total. The van der Waals surface area contributed by atoms with Crippen molar-refractivity contribution < 1.29 is 14.3 Å². The van der Waals surface area contributed by atoms with E-state index in [9.17, 15) is 14.9 Å². The first-order valence-electron chi connectivity index (χ1n) is 11.6. The molecule has 0 N–H and O–H groups in total. The molecular weight excluding hydrogens is 366 g/mol. The third-order valence-electron chi connectivity index (χ3n) is 7.99. The number of amides is 2. The van der Waals surface area contributed by atoms with E-state index in [1.54, 1.807) is 6.92 Å². The molecule has 4 unspecified atom stereocenters. The van der Waals surface area contributed by atoms with E-state index in [1.807, 2.05) is 4.90 Å². The fraction of sp³-hybridized carbons (Fsp3) is 0.870. The summed E-state index contributed by atoms with van der Waals surface area (Å²) in [6.45, 7) is 5.04. The van der Waals surface area contributed by atoms with Gasteiger partial charge in [0, 0.05) is 32.0 Å². The fourth-order valence-corrected chi connectivity index (χ4v) is 6.56. The van der Waals surface area contributed by atoms with Crippen molar-refractivity contribution in [3.63, 3.8) is 0 Å². The fourth-order valence-electron chi connectivity index (χ4n) is 6.56. The average molecular weight is 402 g/mol. The Labute approximate surface area is 174 Å². The minimum Gasteiger partial charge on any atom is -0.368 e. The predicted octanol–water partition coefficient (Wildman–Crippen LogP) is 3.11. The van der Waals surface area contributed by atoms with Crippen molar-refractivity contribution in [2.45, 2.75) is 95.9 Å². The van der Waals surface area contributed by atoms with Crippen molar-refractivity contribution >= 4 is 11.8 Å². The number of hydrogen-bond acceptors (Lipinski definition) is 4. The quantitative estimate of drug-likeness (QED) is 0.713. The maximum absolute atomic E-state index is 13.3. The molecule has 29 heavy (non-hydrogen) atoms. The van der Waals surface area contributed by atoms with Gasteiger partial charge in [-0.25, -0.2) is 0 Å². The summed E-state index contributed by atoms with van der Waals surface area (Å²) in [5.74, 6) is 1.75. The molecule has 4 rings (SSSR count). The summed E-state index contributed by atoms with van der Waals surface area (Å²) in [5, 5.41) is 9.20. The zero-order chi connectivity index (χ0) is 20.5.